The van der Waals surface area contributed by atoms with Crippen LogP contribution in [-0.2, 0) is 6.42 Å². The van der Waals surface area contributed by atoms with Gasteiger partial charge in [0.2, 0.25) is 0 Å². The highest BCUT2D eigenvalue weighted by molar-refractivity contribution is 5.90. The molecule has 0 aliphatic carbocycles. The Hall–Kier alpha value is -1.51. The molecule has 1 aromatic carbocycles. The summed E-state index contributed by atoms with van der Waals surface area (Å²) in [5, 5.41) is 18.5. The predicted octanol–water partition coefficient (Wildman–Crippen LogP) is 6.33. The third kappa shape index (κ3) is 8.95. The van der Waals surface area contributed by atoms with Gasteiger partial charge in [-0.2, -0.15) is 0 Å². The first-order valence-corrected chi connectivity index (χ1v) is 9.70. The molecule has 1 rings (SSSR count). The molecule has 0 heterocycles. The van der Waals surface area contributed by atoms with Crippen molar-refractivity contribution in [2.75, 3.05) is 0 Å². The molecule has 3 nitrogen and oxygen atoms in total. The molecule has 0 atom stereocenters. The quantitative estimate of drug-likeness (QED) is 0.391. The first-order valence-electron chi connectivity index (χ1n) is 9.70. The Balaban J connectivity index is 2.01. The minimum atomic E-state index is -1.07. The number of carboxylic acids is 1. The molecule has 2 N–H and O–H groups in total. The van der Waals surface area contributed by atoms with Crippen LogP contribution in [0.25, 0.3) is 0 Å². The number of phenols is 1. The lowest BCUT2D eigenvalue weighted by Gasteiger charge is -2.05. The van der Waals surface area contributed by atoms with Crippen molar-refractivity contribution in [3.05, 3.63) is 29.3 Å². The van der Waals surface area contributed by atoms with E-state index in [4.69, 9.17) is 5.11 Å². The van der Waals surface area contributed by atoms with E-state index in [9.17, 15) is 9.90 Å². The number of benzene rings is 1. The molecule has 0 saturated heterocycles. The van der Waals surface area contributed by atoms with E-state index in [1.807, 2.05) is 6.07 Å². The van der Waals surface area contributed by atoms with Crippen molar-refractivity contribution in [3.8, 4) is 5.75 Å². The van der Waals surface area contributed by atoms with Crippen molar-refractivity contribution in [3.63, 3.8) is 0 Å². The second-order valence-electron chi connectivity index (χ2n) is 6.80. The maximum Gasteiger partial charge on any atom is 0.339 e. The Bertz CT molecular complexity index is 468. The summed E-state index contributed by atoms with van der Waals surface area (Å²) in [5.74, 6) is -1.22. The van der Waals surface area contributed by atoms with Crippen molar-refractivity contribution in [2.45, 2.75) is 90.4 Å². The average molecular weight is 334 g/mol. The topological polar surface area (TPSA) is 57.5 Å². The van der Waals surface area contributed by atoms with Crippen LogP contribution in [0.15, 0.2) is 18.2 Å². The maximum atomic E-state index is 11.0. The third-order valence-corrected chi connectivity index (χ3v) is 4.61. The molecule has 0 aliphatic heterocycles. The van der Waals surface area contributed by atoms with Crippen LogP contribution >= 0.6 is 0 Å². The van der Waals surface area contributed by atoms with Gasteiger partial charge >= 0.3 is 5.97 Å². The smallest absolute Gasteiger partial charge is 0.339 e. The zero-order valence-corrected chi connectivity index (χ0v) is 15.2. The standard InChI is InChI=1S/C21H34O3/c1-2-3-4-5-6-7-8-9-10-11-12-13-14-18-15-16-20(22)19(17-18)21(23)24/h15-17,22H,2-14H2,1H3,(H,23,24). The molecule has 24 heavy (non-hydrogen) atoms. The summed E-state index contributed by atoms with van der Waals surface area (Å²) in [5.41, 5.74) is 1.00. The number of aromatic hydroxyl groups is 1. The van der Waals surface area contributed by atoms with Crippen molar-refractivity contribution in [2.24, 2.45) is 0 Å². The van der Waals surface area contributed by atoms with Gasteiger partial charge in [0.15, 0.2) is 0 Å². The minimum absolute atomic E-state index is 0.00596. The largest absolute Gasteiger partial charge is 0.507 e. The van der Waals surface area contributed by atoms with E-state index in [2.05, 4.69) is 6.92 Å². The van der Waals surface area contributed by atoms with Crippen LogP contribution in [0.3, 0.4) is 0 Å². The highest BCUT2D eigenvalue weighted by Gasteiger charge is 2.09. The van der Waals surface area contributed by atoms with Crippen LogP contribution in [0.1, 0.15) is 99.9 Å². The summed E-state index contributed by atoms with van der Waals surface area (Å²) >= 11 is 0. The summed E-state index contributed by atoms with van der Waals surface area (Å²) in [6, 6.07) is 4.90. The number of hydrogen-bond acceptors (Lipinski definition) is 2. The van der Waals surface area contributed by atoms with Crippen molar-refractivity contribution in [1.29, 1.82) is 0 Å². The number of carbonyl (C=O) groups is 1. The second kappa shape index (κ2) is 12.9. The lowest BCUT2D eigenvalue weighted by molar-refractivity contribution is 0.0693. The van der Waals surface area contributed by atoms with E-state index in [1.54, 1.807) is 6.07 Å². The Morgan fingerprint density at radius 3 is 1.83 bits per heavy atom. The van der Waals surface area contributed by atoms with E-state index in [1.165, 1.54) is 76.7 Å². The van der Waals surface area contributed by atoms with Crippen LogP contribution < -0.4 is 0 Å². The molecule has 0 unspecified atom stereocenters. The summed E-state index contributed by atoms with van der Waals surface area (Å²) < 4.78 is 0. The number of unbranched alkanes of at least 4 members (excludes halogenated alkanes) is 11. The van der Waals surface area contributed by atoms with Crippen LogP contribution in [-0.4, -0.2) is 16.2 Å². The monoisotopic (exact) mass is 334 g/mol. The normalized spacial score (nSPS) is 10.9. The molecular weight excluding hydrogens is 300 g/mol. The molecule has 0 spiro atoms. The molecule has 0 fully saturated rings. The van der Waals surface area contributed by atoms with Gasteiger partial charge in [0.05, 0.1) is 0 Å². The SMILES string of the molecule is CCCCCCCCCCCCCCc1ccc(O)c(C(=O)O)c1. The van der Waals surface area contributed by atoms with Crippen LogP contribution in [0.5, 0.6) is 5.75 Å². The van der Waals surface area contributed by atoms with E-state index in [-0.39, 0.29) is 11.3 Å². The molecule has 0 aromatic heterocycles. The number of aryl methyl sites for hydroxylation is 1. The molecule has 0 bridgehead atoms. The number of carboxylic acid groups (broad SMARTS) is 1. The molecule has 136 valence electrons. The van der Waals surface area contributed by atoms with Crippen molar-refractivity contribution >= 4 is 5.97 Å². The Morgan fingerprint density at radius 2 is 1.33 bits per heavy atom. The highest BCUT2D eigenvalue weighted by atomic mass is 16.4. The van der Waals surface area contributed by atoms with E-state index < -0.39 is 5.97 Å². The van der Waals surface area contributed by atoms with Gasteiger partial charge in [-0.05, 0) is 30.5 Å². The fourth-order valence-corrected chi connectivity index (χ4v) is 3.08. The molecule has 0 radical (unpaired) electrons. The van der Waals surface area contributed by atoms with Gasteiger partial charge in [-0.15, -0.1) is 0 Å². The summed E-state index contributed by atoms with van der Waals surface area (Å²) in [6.07, 6.45) is 16.7. The number of rotatable bonds is 14. The molecule has 0 saturated carbocycles. The van der Waals surface area contributed by atoms with Gasteiger partial charge in [-0.25, -0.2) is 4.79 Å². The van der Waals surface area contributed by atoms with Crippen LogP contribution in [0, 0.1) is 0 Å². The van der Waals surface area contributed by atoms with Gasteiger partial charge < -0.3 is 10.2 Å². The van der Waals surface area contributed by atoms with E-state index in [0.29, 0.717) is 0 Å². The number of aromatic carboxylic acids is 1. The molecule has 1 aromatic rings. The van der Waals surface area contributed by atoms with Crippen molar-refractivity contribution in [1.82, 2.24) is 0 Å². The third-order valence-electron chi connectivity index (χ3n) is 4.61. The first kappa shape index (κ1) is 20.5. The Kier molecular flexibility index (Phi) is 11.0. The summed E-state index contributed by atoms with van der Waals surface area (Å²) in [6.45, 7) is 2.26. The Morgan fingerprint density at radius 1 is 0.833 bits per heavy atom. The van der Waals surface area contributed by atoms with Gasteiger partial charge in [-0.1, -0.05) is 83.6 Å². The van der Waals surface area contributed by atoms with Crippen molar-refractivity contribution < 1.29 is 15.0 Å². The summed E-state index contributed by atoms with van der Waals surface area (Å²) in [7, 11) is 0. The maximum absolute atomic E-state index is 11.0. The van der Waals surface area contributed by atoms with Crippen LogP contribution in [0.4, 0.5) is 0 Å². The lowest BCUT2D eigenvalue weighted by atomic mass is 10.0. The number of hydrogen-bond donors (Lipinski definition) is 2. The first-order chi connectivity index (χ1) is 11.6. The highest BCUT2D eigenvalue weighted by Crippen LogP contribution is 2.20. The Labute approximate surface area is 147 Å². The molecule has 3 heteroatoms. The molecular formula is C21H34O3. The van der Waals surface area contributed by atoms with E-state index in [0.717, 1.165) is 18.4 Å². The van der Waals surface area contributed by atoms with Crippen LogP contribution in [0.2, 0.25) is 0 Å². The molecule has 0 aliphatic rings. The average Bonchev–Trinajstić information content (AvgIpc) is 2.57. The fraction of sp³-hybridized carbons (Fsp3) is 0.667. The predicted molar refractivity (Wildman–Crippen MR) is 99.8 cm³/mol. The zero-order chi connectivity index (χ0) is 17.6. The van der Waals surface area contributed by atoms with Gasteiger partial charge in [-0.3, -0.25) is 0 Å². The zero-order valence-electron chi connectivity index (χ0n) is 15.2. The fourth-order valence-electron chi connectivity index (χ4n) is 3.08. The van der Waals surface area contributed by atoms with Gasteiger partial charge in [0.1, 0.15) is 11.3 Å². The lowest BCUT2D eigenvalue weighted by Crippen LogP contribution is -1.98. The summed E-state index contributed by atoms with van der Waals surface area (Å²) in [4.78, 5) is 11.0. The van der Waals surface area contributed by atoms with Gasteiger partial charge in [0, 0.05) is 0 Å². The van der Waals surface area contributed by atoms with E-state index >= 15 is 0 Å². The minimum Gasteiger partial charge on any atom is -0.507 e. The second-order valence-corrected chi connectivity index (χ2v) is 6.80. The van der Waals surface area contributed by atoms with Gasteiger partial charge in [0.25, 0.3) is 0 Å². The molecule has 0 amide bonds.